The lowest BCUT2D eigenvalue weighted by Gasteiger charge is -2.33. The van der Waals surface area contributed by atoms with Crippen LogP contribution >= 0.6 is 0 Å². The largest absolute Gasteiger partial charge is 0.380 e. The molecule has 0 saturated carbocycles. The molecule has 0 aromatic heterocycles. The Morgan fingerprint density at radius 3 is 2.44 bits per heavy atom. The lowest BCUT2D eigenvalue weighted by atomic mass is 9.86. The van der Waals surface area contributed by atoms with Crippen molar-refractivity contribution in [3.05, 3.63) is 0 Å². The van der Waals surface area contributed by atoms with Crippen LogP contribution in [-0.4, -0.2) is 51.3 Å². The highest BCUT2D eigenvalue weighted by Gasteiger charge is 2.23. The van der Waals surface area contributed by atoms with Crippen LogP contribution in [0.1, 0.15) is 41.0 Å². The van der Waals surface area contributed by atoms with Gasteiger partial charge in [0.25, 0.3) is 0 Å². The maximum absolute atomic E-state index is 5.41. The number of likely N-dealkylation sites (N-methyl/N-ethyl adjacent to an activating group) is 1. The van der Waals surface area contributed by atoms with Crippen LogP contribution in [0.4, 0.5) is 0 Å². The molecule has 0 spiro atoms. The summed E-state index contributed by atoms with van der Waals surface area (Å²) in [5.74, 6) is 0.724. The molecule has 3 heteroatoms. The molecule has 0 bridgehead atoms. The normalized spacial score (nSPS) is 15.3. The molecule has 0 heterocycles. The molecule has 1 atom stereocenters. The highest BCUT2D eigenvalue weighted by molar-refractivity contribution is 4.79. The fourth-order valence-electron chi connectivity index (χ4n) is 2.05. The number of rotatable bonds is 11. The quantitative estimate of drug-likeness (QED) is 0.577. The van der Waals surface area contributed by atoms with Gasteiger partial charge in [-0.05, 0) is 38.3 Å². The molecule has 0 radical (unpaired) electrons. The third kappa shape index (κ3) is 8.90. The molecule has 18 heavy (non-hydrogen) atoms. The Hall–Kier alpha value is -0.120. The van der Waals surface area contributed by atoms with E-state index in [4.69, 9.17) is 4.74 Å². The third-order valence-electron chi connectivity index (χ3n) is 3.43. The minimum absolute atomic E-state index is 0.357. The first-order valence-electron chi connectivity index (χ1n) is 7.40. The summed E-state index contributed by atoms with van der Waals surface area (Å²) in [6, 6.07) is 0. The Morgan fingerprint density at radius 2 is 1.94 bits per heavy atom. The maximum atomic E-state index is 5.41. The molecule has 1 unspecified atom stereocenters. The van der Waals surface area contributed by atoms with E-state index < -0.39 is 0 Å². The molecule has 0 aliphatic heterocycles. The summed E-state index contributed by atoms with van der Waals surface area (Å²) < 4.78 is 5.41. The van der Waals surface area contributed by atoms with Crippen LogP contribution in [-0.2, 0) is 4.74 Å². The number of hydrogen-bond acceptors (Lipinski definition) is 3. The highest BCUT2D eigenvalue weighted by atomic mass is 16.5. The van der Waals surface area contributed by atoms with E-state index in [0.29, 0.717) is 5.41 Å². The molecular weight excluding hydrogens is 224 g/mol. The van der Waals surface area contributed by atoms with Crippen molar-refractivity contribution < 1.29 is 4.74 Å². The standard InChI is InChI=1S/C15H34N2O/c1-7-15(5,12-16-11-14(3)4)13-17(6)9-10-18-8-2/h14,16H,7-13H2,1-6H3. The fraction of sp³-hybridized carbons (Fsp3) is 1.00. The van der Waals surface area contributed by atoms with Gasteiger partial charge in [-0.25, -0.2) is 0 Å². The van der Waals surface area contributed by atoms with Crippen molar-refractivity contribution in [2.45, 2.75) is 41.0 Å². The number of nitrogens with one attached hydrogen (secondary N) is 1. The van der Waals surface area contributed by atoms with Gasteiger partial charge in [-0.2, -0.15) is 0 Å². The van der Waals surface area contributed by atoms with E-state index in [2.05, 4.69) is 45.0 Å². The van der Waals surface area contributed by atoms with Gasteiger partial charge in [-0.3, -0.25) is 0 Å². The van der Waals surface area contributed by atoms with Gasteiger partial charge in [0, 0.05) is 26.2 Å². The van der Waals surface area contributed by atoms with Gasteiger partial charge in [0.15, 0.2) is 0 Å². The Labute approximate surface area is 114 Å². The Kier molecular flexibility index (Phi) is 9.70. The van der Waals surface area contributed by atoms with Crippen molar-refractivity contribution in [2.24, 2.45) is 11.3 Å². The predicted molar refractivity (Wildman–Crippen MR) is 80.1 cm³/mol. The van der Waals surface area contributed by atoms with Gasteiger partial charge in [-0.1, -0.05) is 27.7 Å². The van der Waals surface area contributed by atoms with E-state index in [1.165, 1.54) is 6.42 Å². The first kappa shape index (κ1) is 17.9. The topological polar surface area (TPSA) is 24.5 Å². The van der Waals surface area contributed by atoms with Crippen LogP contribution in [0, 0.1) is 11.3 Å². The second-order valence-electron chi connectivity index (χ2n) is 6.12. The van der Waals surface area contributed by atoms with E-state index in [1.807, 2.05) is 6.92 Å². The Balaban J connectivity index is 3.96. The van der Waals surface area contributed by atoms with E-state index in [1.54, 1.807) is 0 Å². The zero-order valence-electron chi connectivity index (χ0n) is 13.4. The third-order valence-corrected chi connectivity index (χ3v) is 3.43. The second-order valence-corrected chi connectivity index (χ2v) is 6.12. The molecule has 0 saturated heterocycles. The number of nitrogens with zero attached hydrogens (tertiary/aromatic N) is 1. The van der Waals surface area contributed by atoms with Gasteiger partial charge < -0.3 is 15.0 Å². The van der Waals surface area contributed by atoms with Gasteiger partial charge >= 0.3 is 0 Å². The SMILES string of the molecule is CCOCCN(C)CC(C)(CC)CNCC(C)C. The van der Waals surface area contributed by atoms with E-state index in [0.717, 1.165) is 45.3 Å². The molecule has 0 aromatic carbocycles. The molecule has 1 N–H and O–H groups in total. The Morgan fingerprint density at radius 1 is 1.28 bits per heavy atom. The average Bonchev–Trinajstić information content (AvgIpc) is 2.28. The summed E-state index contributed by atoms with van der Waals surface area (Å²) in [4.78, 5) is 2.39. The van der Waals surface area contributed by atoms with E-state index >= 15 is 0 Å². The van der Waals surface area contributed by atoms with Crippen molar-refractivity contribution in [1.29, 1.82) is 0 Å². The van der Waals surface area contributed by atoms with Gasteiger partial charge in [0.05, 0.1) is 6.61 Å². The molecule has 0 rings (SSSR count). The monoisotopic (exact) mass is 258 g/mol. The van der Waals surface area contributed by atoms with Gasteiger partial charge in [0.2, 0.25) is 0 Å². The molecule has 0 fully saturated rings. The predicted octanol–water partition coefficient (Wildman–Crippen LogP) is 2.62. The first-order valence-corrected chi connectivity index (χ1v) is 7.40. The summed E-state index contributed by atoms with van der Waals surface area (Å²) in [7, 11) is 2.19. The molecule has 0 aliphatic carbocycles. The summed E-state index contributed by atoms with van der Waals surface area (Å²) in [5, 5.41) is 3.59. The van der Waals surface area contributed by atoms with Crippen molar-refractivity contribution in [3.8, 4) is 0 Å². The molecule has 0 amide bonds. The van der Waals surface area contributed by atoms with Crippen LogP contribution < -0.4 is 5.32 Å². The molecular formula is C15H34N2O. The van der Waals surface area contributed by atoms with Crippen LogP contribution in [0.15, 0.2) is 0 Å². The van der Waals surface area contributed by atoms with Crippen molar-refractivity contribution >= 4 is 0 Å². The molecule has 0 aromatic rings. The number of ether oxygens (including phenoxy) is 1. The smallest absolute Gasteiger partial charge is 0.0593 e. The first-order chi connectivity index (χ1) is 8.43. The zero-order chi connectivity index (χ0) is 14.0. The van der Waals surface area contributed by atoms with E-state index in [9.17, 15) is 0 Å². The molecule has 0 aliphatic rings. The lowest BCUT2D eigenvalue weighted by molar-refractivity contribution is 0.102. The summed E-state index contributed by atoms with van der Waals surface area (Å²) in [6.07, 6.45) is 1.21. The minimum atomic E-state index is 0.357. The van der Waals surface area contributed by atoms with Crippen molar-refractivity contribution in [2.75, 3.05) is 46.4 Å². The minimum Gasteiger partial charge on any atom is -0.380 e. The summed E-state index contributed by atoms with van der Waals surface area (Å²) in [5.41, 5.74) is 0.357. The van der Waals surface area contributed by atoms with Crippen LogP contribution in [0.2, 0.25) is 0 Å². The van der Waals surface area contributed by atoms with Gasteiger partial charge in [0.1, 0.15) is 0 Å². The van der Waals surface area contributed by atoms with Crippen LogP contribution in [0.5, 0.6) is 0 Å². The van der Waals surface area contributed by atoms with Crippen molar-refractivity contribution in [1.82, 2.24) is 10.2 Å². The highest BCUT2D eigenvalue weighted by Crippen LogP contribution is 2.21. The molecule has 110 valence electrons. The molecule has 3 nitrogen and oxygen atoms in total. The second kappa shape index (κ2) is 9.76. The summed E-state index contributed by atoms with van der Waals surface area (Å²) in [6.45, 7) is 17.2. The van der Waals surface area contributed by atoms with Crippen LogP contribution in [0.3, 0.4) is 0 Å². The van der Waals surface area contributed by atoms with Gasteiger partial charge in [-0.15, -0.1) is 0 Å². The van der Waals surface area contributed by atoms with Crippen molar-refractivity contribution in [3.63, 3.8) is 0 Å². The van der Waals surface area contributed by atoms with Crippen LogP contribution in [0.25, 0.3) is 0 Å². The Bertz CT molecular complexity index is 197. The van der Waals surface area contributed by atoms with E-state index in [-0.39, 0.29) is 0 Å². The summed E-state index contributed by atoms with van der Waals surface area (Å²) >= 11 is 0. The number of hydrogen-bond donors (Lipinski definition) is 1. The zero-order valence-corrected chi connectivity index (χ0v) is 13.4. The lowest BCUT2D eigenvalue weighted by Crippen LogP contribution is -2.42. The maximum Gasteiger partial charge on any atom is 0.0593 e. The average molecular weight is 258 g/mol. The fourth-order valence-corrected chi connectivity index (χ4v) is 2.05.